The molecule has 3 rings (SSSR count). The number of nitrogens with zero attached hydrogens (tertiary/aromatic N) is 2. The quantitative estimate of drug-likeness (QED) is 0.784. The number of imide groups is 1. The van der Waals surface area contributed by atoms with Crippen molar-refractivity contribution in [3.8, 4) is 0 Å². The molecule has 1 atom stereocenters. The zero-order valence-corrected chi connectivity index (χ0v) is 11.6. The SMILES string of the molecule is Cc1ccc(CC2CC(=O)N(C)C2=O)c2ncccc12. The summed E-state index contributed by atoms with van der Waals surface area (Å²) in [6.07, 6.45) is 2.64. The van der Waals surface area contributed by atoms with E-state index in [2.05, 4.69) is 4.98 Å². The number of carbonyl (C=O) groups excluding carboxylic acids is 2. The van der Waals surface area contributed by atoms with Gasteiger partial charge in [-0.15, -0.1) is 0 Å². The zero-order chi connectivity index (χ0) is 14.3. The number of hydrogen-bond acceptors (Lipinski definition) is 3. The Morgan fingerprint density at radius 1 is 1.30 bits per heavy atom. The van der Waals surface area contributed by atoms with E-state index in [1.54, 1.807) is 13.2 Å². The van der Waals surface area contributed by atoms with Crippen molar-refractivity contribution in [3.05, 3.63) is 41.6 Å². The summed E-state index contributed by atoms with van der Waals surface area (Å²) in [5, 5.41) is 1.11. The van der Waals surface area contributed by atoms with E-state index in [0.717, 1.165) is 16.5 Å². The van der Waals surface area contributed by atoms with Crippen LogP contribution >= 0.6 is 0 Å². The van der Waals surface area contributed by atoms with Gasteiger partial charge in [0.2, 0.25) is 11.8 Å². The van der Waals surface area contributed by atoms with Gasteiger partial charge in [-0.3, -0.25) is 19.5 Å². The first kappa shape index (κ1) is 12.8. The van der Waals surface area contributed by atoms with Gasteiger partial charge in [0.15, 0.2) is 0 Å². The largest absolute Gasteiger partial charge is 0.285 e. The predicted molar refractivity (Wildman–Crippen MR) is 76.1 cm³/mol. The molecule has 2 amide bonds. The van der Waals surface area contributed by atoms with Crippen LogP contribution in [0.5, 0.6) is 0 Å². The van der Waals surface area contributed by atoms with Crippen LogP contribution in [0.1, 0.15) is 17.5 Å². The Morgan fingerprint density at radius 2 is 2.10 bits per heavy atom. The van der Waals surface area contributed by atoms with E-state index in [1.165, 1.54) is 10.5 Å². The molecule has 0 bridgehead atoms. The van der Waals surface area contributed by atoms with Crippen molar-refractivity contribution in [2.75, 3.05) is 7.05 Å². The monoisotopic (exact) mass is 268 g/mol. The number of fused-ring (bicyclic) bond motifs is 1. The number of likely N-dealkylation sites (tertiary alicyclic amines) is 1. The summed E-state index contributed by atoms with van der Waals surface area (Å²) in [4.78, 5) is 29.3. The second-order valence-electron chi connectivity index (χ2n) is 5.34. The summed E-state index contributed by atoms with van der Waals surface area (Å²) in [5.74, 6) is -0.426. The first-order valence-corrected chi connectivity index (χ1v) is 6.71. The first-order valence-electron chi connectivity index (χ1n) is 6.71. The molecular weight excluding hydrogens is 252 g/mol. The lowest BCUT2D eigenvalue weighted by Gasteiger charge is -2.11. The number of carbonyl (C=O) groups is 2. The van der Waals surface area contributed by atoms with E-state index in [4.69, 9.17) is 0 Å². The van der Waals surface area contributed by atoms with Crippen LogP contribution in [0.4, 0.5) is 0 Å². The Balaban J connectivity index is 1.98. The van der Waals surface area contributed by atoms with Gasteiger partial charge in [-0.2, -0.15) is 0 Å². The topological polar surface area (TPSA) is 50.3 Å². The molecule has 20 heavy (non-hydrogen) atoms. The number of aryl methyl sites for hydroxylation is 1. The molecule has 4 nitrogen and oxygen atoms in total. The van der Waals surface area contributed by atoms with Crippen LogP contribution in [-0.2, 0) is 16.0 Å². The summed E-state index contributed by atoms with van der Waals surface area (Å²) in [7, 11) is 1.55. The molecule has 0 saturated carbocycles. The molecule has 1 saturated heterocycles. The van der Waals surface area contributed by atoms with Crippen molar-refractivity contribution in [2.45, 2.75) is 19.8 Å². The van der Waals surface area contributed by atoms with Gasteiger partial charge in [0, 0.05) is 25.1 Å². The standard InChI is InChI=1S/C16H16N2O2/c1-10-5-6-11(15-13(10)4-3-7-17-15)8-12-9-14(19)18(2)16(12)20/h3-7,12H,8-9H2,1-2H3. The highest BCUT2D eigenvalue weighted by Crippen LogP contribution is 2.27. The average molecular weight is 268 g/mol. The lowest BCUT2D eigenvalue weighted by molar-refractivity contribution is -0.137. The molecule has 0 N–H and O–H groups in total. The van der Waals surface area contributed by atoms with E-state index in [0.29, 0.717) is 12.8 Å². The molecule has 0 radical (unpaired) electrons. The van der Waals surface area contributed by atoms with Crippen LogP contribution in [0.25, 0.3) is 10.9 Å². The lowest BCUT2D eigenvalue weighted by atomic mass is 9.94. The van der Waals surface area contributed by atoms with Crippen molar-refractivity contribution < 1.29 is 9.59 Å². The molecule has 2 heterocycles. The van der Waals surface area contributed by atoms with E-state index >= 15 is 0 Å². The van der Waals surface area contributed by atoms with Gasteiger partial charge in [-0.25, -0.2) is 0 Å². The maximum Gasteiger partial charge on any atom is 0.232 e. The van der Waals surface area contributed by atoms with E-state index in [9.17, 15) is 9.59 Å². The molecule has 0 spiro atoms. The van der Waals surface area contributed by atoms with Crippen molar-refractivity contribution in [1.29, 1.82) is 0 Å². The first-order chi connectivity index (χ1) is 9.58. The second kappa shape index (κ2) is 4.71. The number of hydrogen-bond donors (Lipinski definition) is 0. The van der Waals surface area contributed by atoms with Crippen molar-refractivity contribution >= 4 is 22.7 Å². The smallest absolute Gasteiger partial charge is 0.232 e. The summed E-state index contributed by atoms with van der Waals surface area (Å²) in [5.41, 5.74) is 3.14. The normalized spacial score (nSPS) is 19.1. The summed E-state index contributed by atoms with van der Waals surface area (Å²) in [6.45, 7) is 2.05. The highest BCUT2D eigenvalue weighted by atomic mass is 16.2. The second-order valence-corrected chi connectivity index (χ2v) is 5.34. The van der Waals surface area contributed by atoms with Crippen LogP contribution in [0.2, 0.25) is 0 Å². The van der Waals surface area contributed by atoms with Gasteiger partial charge < -0.3 is 0 Å². The molecule has 1 aliphatic rings. The average Bonchev–Trinajstić information content (AvgIpc) is 2.70. The molecule has 1 aromatic heterocycles. The molecule has 4 heteroatoms. The third kappa shape index (κ3) is 1.97. The molecule has 1 fully saturated rings. The van der Waals surface area contributed by atoms with Gasteiger partial charge in [0.25, 0.3) is 0 Å². The summed E-state index contributed by atoms with van der Waals surface area (Å²) in [6, 6.07) is 8.01. The Kier molecular flexibility index (Phi) is 3.01. The summed E-state index contributed by atoms with van der Waals surface area (Å²) < 4.78 is 0. The zero-order valence-electron chi connectivity index (χ0n) is 11.6. The van der Waals surface area contributed by atoms with Crippen molar-refractivity contribution in [2.24, 2.45) is 5.92 Å². The van der Waals surface area contributed by atoms with Crippen LogP contribution in [-0.4, -0.2) is 28.7 Å². The number of aromatic nitrogens is 1. The molecule has 1 aromatic carbocycles. The van der Waals surface area contributed by atoms with Crippen LogP contribution in [0, 0.1) is 12.8 Å². The number of benzene rings is 1. The minimum Gasteiger partial charge on any atom is -0.285 e. The van der Waals surface area contributed by atoms with Crippen molar-refractivity contribution in [1.82, 2.24) is 9.88 Å². The number of amides is 2. The Labute approximate surface area is 117 Å². The van der Waals surface area contributed by atoms with Gasteiger partial charge >= 0.3 is 0 Å². The fourth-order valence-corrected chi connectivity index (χ4v) is 2.80. The van der Waals surface area contributed by atoms with Gasteiger partial charge in [0.05, 0.1) is 11.4 Å². The summed E-state index contributed by atoms with van der Waals surface area (Å²) >= 11 is 0. The van der Waals surface area contributed by atoms with Crippen molar-refractivity contribution in [3.63, 3.8) is 0 Å². The Bertz CT molecular complexity index is 709. The fourth-order valence-electron chi connectivity index (χ4n) is 2.80. The number of rotatable bonds is 2. The molecule has 2 aromatic rings. The highest BCUT2D eigenvalue weighted by molar-refractivity contribution is 6.03. The molecule has 1 aliphatic heterocycles. The Hall–Kier alpha value is -2.23. The fraction of sp³-hybridized carbons (Fsp3) is 0.312. The van der Waals surface area contributed by atoms with E-state index < -0.39 is 0 Å². The maximum atomic E-state index is 12.0. The molecule has 102 valence electrons. The van der Waals surface area contributed by atoms with E-state index in [1.807, 2.05) is 31.2 Å². The molecule has 1 unspecified atom stereocenters. The number of pyridine rings is 1. The van der Waals surface area contributed by atoms with Crippen LogP contribution in [0.15, 0.2) is 30.5 Å². The Morgan fingerprint density at radius 3 is 2.80 bits per heavy atom. The van der Waals surface area contributed by atoms with Crippen LogP contribution in [0.3, 0.4) is 0 Å². The van der Waals surface area contributed by atoms with Gasteiger partial charge in [0.1, 0.15) is 0 Å². The van der Waals surface area contributed by atoms with Gasteiger partial charge in [-0.05, 0) is 30.5 Å². The maximum absolute atomic E-state index is 12.0. The van der Waals surface area contributed by atoms with E-state index in [-0.39, 0.29) is 17.7 Å². The predicted octanol–water partition coefficient (Wildman–Crippen LogP) is 2.09. The lowest BCUT2D eigenvalue weighted by Crippen LogP contribution is -2.26. The molecular formula is C16H16N2O2. The minimum absolute atomic E-state index is 0.0837. The van der Waals surface area contributed by atoms with Gasteiger partial charge in [-0.1, -0.05) is 18.2 Å². The minimum atomic E-state index is -0.250. The third-order valence-corrected chi connectivity index (χ3v) is 4.01. The third-order valence-electron chi connectivity index (χ3n) is 4.01. The van der Waals surface area contributed by atoms with Crippen LogP contribution < -0.4 is 0 Å². The molecule has 0 aliphatic carbocycles. The highest BCUT2D eigenvalue weighted by Gasteiger charge is 2.36.